The van der Waals surface area contributed by atoms with Crippen molar-refractivity contribution in [3.63, 3.8) is 0 Å². The van der Waals surface area contributed by atoms with Crippen LogP contribution in [0.25, 0.3) is 21.6 Å². The predicted octanol–water partition coefficient (Wildman–Crippen LogP) is 6.62. The number of ether oxygens (including phenoxy) is 2. The van der Waals surface area contributed by atoms with E-state index < -0.39 is 0 Å². The van der Waals surface area contributed by atoms with Gasteiger partial charge >= 0.3 is 0 Å². The van der Waals surface area contributed by atoms with Crippen molar-refractivity contribution < 1.29 is 19.1 Å². The molecule has 1 unspecified atom stereocenters. The number of thiophene rings is 1. The molecule has 6 aromatic rings. The number of carbonyl (C=O) groups is 2. The van der Waals surface area contributed by atoms with Crippen LogP contribution in [0.4, 0.5) is 11.4 Å². The Balaban J connectivity index is 1.22. The van der Waals surface area contributed by atoms with Gasteiger partial charge in [0.05, 0.1) is 31.1 Å². The molecule has 0 spiro atoms. The highest BCUT2D eigenvalue weighted by molar-refractivity contribution is 8.00. The number of carbonyl (C=O) groups excluding carboxylic acids is 2. The van der Waals surface area contributed by atoms with Crippen LogP contribution in [0, 0.1) is 11.3 Å². The van der Waals surface area contributed by atoms with Gasteiger partial charge < -0.3 is 20.1 Å². The Bertz CT molecular complexity index is 2170. The first-order valence-corrected chi connectivity index (χ1v) is 18.6. The smallest absolute Gasteiger partial charge is 0.245 e. The average molecular weight is 717 g/mol. The second-order valence-electron chi connectivity index (χ2n) is 12.9. The second-order valence-corrected chi connectivity index (χ2v) is 15.8. The Hall–Kier alpha value is -4.34. The summed E-state index contributed by atoms with van der Waals surface area (Å²) < 4.78 is 14.3. The highest BCUT2D eigenvalue weighted by atomic mass is 32.2. The van der Waals surface area contributed by atoms with Gasteiger partial charge in [-0.3, -0.25) is 9.59 Å². The van der Waals surface area contributed by atoms with Crippen molar-refractivity contribution in [3.8, 4) is 11.5 Å². The summed E-state index contributed by atoms with van der Waals surface area (Å²) in [6.45, 7) is 6.93. The van der Waals surface area contributed by atoms with E-state index in [1.165, 1.54) is 34.0 Å². The molecular weight excluding hydrogens is 681 g/mol. The normalized spacial score (nSPS) is 14.7. The van der Waals surface area contributed by atoms with E-state index in [1.54, 1.807) is 74.1 Å². The number of hydrogen-bond acceptors (Lipinski definition) is 11. The molecule has 49 heavy (non-hydrogen) atoms. The van der Waals surface area contributed by atoms with Gasteiger partial charge in [-0.05, 0) is 84.7 Å². The molecule has 0 fully saturated rings. The van der Waals surface area contributed by atoms with Gasteiger partial charge in [0.25, 0.3) is 0 Å². The lowest BCUT2D eigenvalue weighted by atomic mass is 9.72. The fourth-order valence-electron chi connectivity index (χ4n) is 6.09. The van der Waals surface area contributed by atoms with Crippen LogP contribution >= 0.6 is 34.9 Å². The predicted molar refractivity (Wildman–Crippen MR) is 195 cm³/mol. The SMILES string of the molecule is COc1ccc(NC(=O)CSc2nnc3c4c5c(sc4n4c(SCC(=O)Nc6ccc(OC)cc6)nnc4n23)CC(C(C)(C)C)CC5)cc1. The number of rotatable bonds is 10. The number of amides is 2. The number of anilines is 2. The molecule has 0 saturated carbocycles. The van der Waals surface area contributed by atoms with Crippen LogP contribution in [0.5, 0.6) is 11.5 Å². The number of methoxy groups -OCH3 is 2. The molecule has 1 aliphatic carbocycles. The highest BCUT2D eigenvalue weighted by Crippen LogP contribution is 2.45. The van der Waals surface area contributed by atoms with Crippen LogP contribution in [-0.2, 0) is 22.4 Å². The summed E-state index contributed by atoms with van der Waals surface area (Å²) in [5, 5.41) is 26.4. The quantitative estimate of drug-likeness (QED) is 0.149. The van der Waals surface area contributed by atoms with E-state index in [9.17, 15) is 9.59 Å². The number of aromatic nitrogens is 6. The maximum absolute atomic E-state index is 13.0. The number of nitrogens with one attached hydrogen (secondary N) is 2. The molecule has 15 heteroatoms. The zero-order chi connectivity index (χ0) is 34.3. The molecule has 0 saturated heterocycles. The van der Waals surface area contributed by atoms with Crippen molar-refractivity contribution in [1.29, 1.82) is 0 Å². The molecule has 0 bridgehead atoms. The summed E-state index contributed by atoms with van der Waals surface area (Å²) in [7, 11) is 3.21. The standard InChI is InChI=1S/C34H36N8O4S3/c1-34(2,3)19-6-15-24-25(16-19)49-30-28(24)29-37-39-32(47-17-26(43)35-20-7-11-22(45-4)12-8-20)41(29)31-38-40-33(42(30)31)48-18-27(44)36-21-9-13-23(46-5)14-10-21/h7-14,19H,6,15-18H2,1-5H3,(H,35,43)(H,36,44). The van der Waals surface area contributed by atoms with Gasteiger partial charge in [0.1, 0.15) is 16.3 Å². The first-order chi connectivity index (χ1) is 23.6. The van der Waals surface area contributed by atoms with E-state index in [-0.39, 0.29) is 28.7 Å². The lowest BCUT2D eigenvalue weighted by Crippen LogP contribution is -2.26. The number of hydrogen-bond donors (Lipinski definition) is 2. The molecule has 1 aliphatic rings. The topological polar surface area (TPSA) is 137 Å². The van der Waals surface area contributed by atoms with Crippen molar-refractivity contribution >= 4 is 79.7 Å². The molecule has 2 aromatic carbocycles. The molecule has 7 rings (SSSR count). The molecule has 0 radical (unpaired) electrons. The van der Waals surface area contributed by atoms with E-state index in [2.05, 4.69) is 51.8 Å². The molecule has 12 nitrogen and oxygen atoms in total. The second kappa shape index (κ2) is 13.5. The average Bonchev–Trinajstić information content (AvgIpc) is 3.81. The van der Waals surface area contributed by atoms with Gasteiger partial charge in [-0.1, -0.05) is 44.3 Å². The fourth-order valence-corrected chi connectivity index (χ4v) is 9.03. The Labute approximate surface area is 295 Å². The number of thioether (sulfide) groups is 2. The lowest BCUT2D eigenvalue weighted by molar-refractivity contribution is -0.114. The molecule has 4 aromatic heterocycles. The Kier molecular flexibility index (Phi) is 9.15. The molecule has 4 heterocycles. The highest BCUT2D eigenvalue weighted by Gasteiger charge is 2.33. The molecule has 1 atom stereocenters. The van der Waals surface area contributed by atoms with Crippen molar-refractivity contribution in [2.75, 3.05) is 36.4 Å². The van der Waals surface area contributed by atoms with Gasteiger partial charge in [0.2, 0.25) is 17.6 Å². The molecule has 2 N–H and O–H groups in total. The number of aryl methyl sites for hydroxylation is 1. The molecule has 2 amide bonds. The summed E-state index contributed by atoms with van der Waals surface area (Å²) in [6, 6.07) is 14.4. The minimum Gasteiger partial charge on any atom is -0.497 e. The Morgan fingerprint density at radius 1 is 0.837 bits per heavy atom. The number of nitrogens with zero attached hydrogens (tertiary/aromatic N) is 6. The number of fused-ring (bicyclic) bond motifs is 8. The third-order valence-corrected chi connectivity index (χ3v) is 11.9. The van der Waals surface area contributed by atoms with Crippen LogP contribution in [-0.4, -0.2) is 66.7 Å². The first kappa shape index (κ1) is 33.2. The van der Waals surface area contributed by atoms with Crippen LogP contribution in [0.2, 0.25) is 0 Å². The summed E-state index contributed by atoms with van der Waals surface area (Å²) in [4.78, 5) is 28.3. The van der Waals surface area contributed by atoms with Crippen molar-refractivity contribution in [2.24, 2.45) is 11.3 Å². The first-order valence-electron chi connectivity index (χ1n) is 15.8. The van der Waals surface area contributed by atoms with Gasteiger partial charge in [0.15, 0.2) is 16.0 Å². The van der Waals surface area contributed by atoms with E-state index in [0.29, 0.717) is 44.8 Å². The van der Waals surface area contributed by atoms with Crippen molar-refractivity contribution in [3.05, 3.63) is 59.0 Å². The lowest BCUT2D eigenvalue weighted by Gasteiger charge is -2.33. The monoisotopic (exact) mass is 716 g/mol. The largest absolute Gasteiger partial charge is 0.497 e. The van der Waals surface area contributed by atoms with Crippen molar-refractivity contribution in [1.82, 2.24) is 29.2 Å². The Morgan fingerprint density at radius 3 is 1.94 bits per heavy atom. The summed E-state index contributed by atoms with van der Waals surface area (Å²) in [5.41, 5.74) is 3.54. The van der Waals surface area contributed by atoms with E-state index in [4.69, 9.17) is 9.47 Å². The Morgan fingerprint density at radius 2 is 1.39 bits per heavy atom. The van der Waals surface area contributed by atoms with Gasteiger partial charge in [0, 0.05) is 16.3 Å². The van der Waals surface area contributed by atoms with Gasteiger partial charge in [-0.25, -0.2) is 8.80 Å². The fraction of sp³-hybridized carbons (Fsp3) is 0.353. The van der Waals surface area contributed by atoms with Crippen LogP contribution < -0.4 is 20.1 Å². The molecule has 0 aliphatic heterocycles. The van der Waals surface area contributed by atoms with Gasteiger partial charge in [-0.15, -0.1) is 31.7 Å². The molecular formula is C34H36N8O4S3. The van der Waals surface area contributed by atoms with Crippen LogP contribution in [0.3, 0.4) is 0 Å². The van der Waals surface area contributed by atoms with Crippen LogP contribution in [0.15, 0.2) is 58.8 Å². The maximum atomic E-state index is 13.0. The van der Waals surface area contributed by atoms with Crippen LogP contribution in [0.1, 0.15) is 37.6 Å². The van der Waals surface area contributed by atoms with E-state index >= 15 is 0 Å². The molecule has 254 valence electrons. The minimum atomic E-state index is -0.175. The van der Waals surface area contributed by atoms with E-state index in [0.717, 1.165) is 35.2 Å². The minimum absolute atomic E-state index is 0.118. The summed E-state index contributed by atoms with van der Waals surface area (Å²) >= 11 is 4.36. The van der Waals surface area contributed by atoms with Gasteiger partial charge in [-0.2, -0.15) is 0 Å². The zero-order valence-electron chi connectivity index (χ0n) is 27.8. The summed E-state index contributed by atoms with van der Waals surface area (Å²) in [5.74, 6) is 2.45. The van der Waals surface area contributed by atoms with E-state index in [1.807, 2.05) is 8.80 Å². The summed E-state index contributed by atoms with van der Waals surface area (Å²) in [6.07, 6.45) is 3.01. The third kappa shape index (κ3) is 6.66. The third-order valence-electron chi connectivity index (χ3n) is 8.76. The van der Waals surface area contributed by atoms with Crippen molar-refractivity contribution in [2.45, 2.75) is 50.3 Å². The number of benzene rings is 2. The maximum Gasteiger partial charge on any atom is 0.245 e. The zero-order valence-corrected chi connectivity index (χ0v) is 30.2.